The van der Waals surface area contributed by atoms with Crippen molar-refractivity contribution < 1.29 is 4.74 Å². The summed E-state index contributed by atoms with van der Waals surface area (Å²) in [6.07, 6.45) is 11.0. The second-order valence-corrected chi connectivity index (χ2v) is 5.73. The molecule has 1 fully saturated rings. The summed E-state index contributed by atoms with van der Waals surface area (Å²) in [5.41, 5.74) is 4.07. The summed E-state index contributed by atoms with van der Waals surface area (Å²) in [5, 5.41) is 4.38. The van der Waals surface area contributed by atoms with Gasteiger partial charge in [0.1, 0.15) is 0 Å². The van der Waals surface area contributed by atoms with Crippen LogP contribution in [0.3, 0.4) is 0 Å². The van der Waals surface area contributed by atoms with Gasteiger partial charge in [-0.25, -0.2) is 0 Å². The minimum Gasteiger partial charge on any atom is -0.493 e. The molecule has 5 heteroatoms. The molecule has 1 unspecified atom stereocenters. The van der Waals surface area contributed by atoms with Crippen LogP contribution in [-0.2, 0) is 6.54 Å². The summed E-state index contributed by atoms with van der Waals surface area (Å²) in [5.74, 6) is 7.41. The third-order valence-electron chi connectivity index (χ3n) is 4.44. The van der Waals surface area contributed by atoms with Crippen LogP contribution in [0.4, 0.5) is 0 Å². The molecule has 5 nitrogen and oxygen atoms in total. The van der Waals surface area contributed by atoms with Crippen molar-refractivity contribution in [3.05, 3.63) is 11.9 Å². The first-order valence-corrected chi connectivity index (χ1v) is 7.86. The maximum Gasteiger partial charge on any atom is 0.161 e. The first kappa shape index (κ1) is 15.3. The van der Waals surface area contributed by atoms with Gasteiger partial charge in [-0.05, 0) is 19.3 Å². The van der Waals surface area contributed by atoms with Crippen molar-refractivity contribution in [1.29, 1.82) is 0 Å². The van der Waals surface area contributed by atoms with Crippen LogP contribution in [0.1, 0.15) is 63.6 Å². The van der Waals surface area contributed by atoms with Gasteiger partial charge in [0.2, 0.25) is 0 Å². The molecule has 0 spiro atoms. The van der Waals surface area contributed by atoms with Crippen LogP contribution >= 0.6 is 0 Å². The van der Waals surface area contributed by atoms with E-state index < -0.39 is 0 Å². The Hall–Kier alpha value is -1.07. The maximum atomic E-state index is 5.82. The molecule has 1 aliphatic rings. The SMILES string of the molecule is CCn1ncc(OC)c1C(CC1CCCCCC1)NN. The number of aromatic nitrogens is 2. The molecule has 0 aliphatic heterocycles. The topological polar surface area (TPSA) is 65.1 Å². The molecule has 1 saturated carbocycles. The van der Waals surface area contributed by atoms with E-state index in [-0.39, 0.29) is 6.04 Å². The highest BCUT2D eigenvalue weighted by molar-refractivity contribution is 5.28. The Balaban J connectivity index is 2.12. The van der Waals surface area contributed by atoms with Crippen molar-refractivity contribution in [2.75, 3.05) is 7.11 Å². The molecule has 0 amide bonds. The van der Waals surface area contributed by atoms with Crippen molar-refractivity contribution >= 4 is 0 Å². The van der Waals surface area contributed by atoms with Crippen LogP contribution in [-0.4, -0.2) is 16.9 Å². The monoisotopic (exact) mass is 280 g/mol. The second-order valence-electron chi connectivity index (χ2n) is 5.73. The molecule has 3 N–H and O–H groups in total. The van der Waals surface area contributed by atoms with Crippen molar-refractivity contribution in [3.8, 4) is 5.75 Å². The van der Waals surface area contributed by atoms with Crippen LogP contribution < -0.4 is 16.0 Å². The zero-order valence-corrected chi connectivity index (χ0v) is 12.8. The van der Waals surface area contributed by atoms with E-state index >= 15 is 0 Å². The lowest BCUT2D eigenvalue weighted by atomic mass is 9.91. The number of nitrogens with zero attached hydrogens (tertiary/aromatic N) is 2. The van der Waals surface area contributed by atoms with Gasteiger partial charge in [-0.1, -0.05) is 38.5 Å². The molecule has 1 aromatic heterocycles. The Morgan fingerprint density at radius 3 is 2.65 bits per heavy atom. The number of nitrogens with one attached hydrogen (secondary N) is 1. The molecular weight excluding hydrogens is 252 g/mol. The van der Waals surface area contributed by atoms with Gasteiger partial charge in [0.15, 0.2) is 5.75 Å². The molecule has 1 aliphatic carbocycles. The third kappa shape index (κ3) is 3.52. The quantitative estimate of drug-likeness (QED) is 0.478. The molecule has 1 atom stereocenters. The van der Waals surface area contributed by atoms with Gasteiger partial charge in [-0.2, -0.15) is 5.10 Å². The molecule has 1 aromatic rings. The second kappa shape index (κ2) is 7.64. The zero-order valence-electron chi connectivity index (χ0n) is 12.8. The third-order valence-corrected chi connectivity index (χ3v) is 4.44. The normalized spacial score (nSPS) is 18.8. The van der Waals surface area contributed by atoms with Gasteiger partial charge in [0, 0.05) is 6.54 Å². The summed E-state index contributed by atoms with van der Waals surface area (Å²) >= 11 is 0. The maximum absolute atomic E-state index is 5.82. The predicted octanol–water partition coefficient (Wildman–Crippen LogP) is 2.78. The lowest BCUT2D eigenvalue weighted by Crippen LogP contribution is -2.31. The highest BCUT2D eigenvalue weighted by Crippen LogP contribution is 2.34. The van der Waals surface area contributed by atoms with Crippen molar-refractivity contribution in [2.24, 2.45) is 11.8 Å². The minimum absolute atomic E-state index is 0.121. The fourth-order valence-electron chi connectivity index (χ4n) is 3.33. The number of aryl methyl sites for hydroxylation is 1. The van der Waals surface area contributed by atoms with Gasteiger partial charge in [-0.3, -0.25) is 16.0 Å². The Morgan fingerprint density at radius 2 is 2.10 bits per heavy atom. The van der Waals surface area contributed by atoms with E-state index in [1.54, 1.807) is 13.3 Å². The molecule has 0 radical (unpaired) electrons. The van der Waals surface area contributed by atoms with Gasteiger partial charge in [0.05, 0.1) is 25.0 Å². The number of hydrogen-bond acceptors (Lipinski definition) is 4. The molecule has 1 heterocycles. The number of nitrogens with two attached hydrogens (primary N) is 1. The fourth-order valence-corrected chi connectivity index (χ4v) is 3.33. The molecule has 0 saturated heterocycles. The average molecular weight is 280 g/mol. The predicted molar refractivity (Wildman–Crippen MR) is 80.3 cm³/mol. The summed E-state index contributed by atoms with van der Waals surface area (Å²) in [7, 11) is 1.69. The van der Waals surface area contributed by atoms with Crippen LogP contribution in [0.25, 0.3) is 0 Å². The first-order valence-electron chi connectivity index (χ1n) is 7.86. The van der Waals surface area contributed by atoms with Gasteiger partial charge < -0.3 is 4.74 Å². The standard InChI is InChI=1S/C15H28N4O/c1-3-19-15(14(20-2)11-17-19)13(18-16)10-12-8-6-4-5-7-9-12/h11-13,18H,3-10,16H2,1-2H3. The fraction of sp³-hybridized carbons (Fsp3) is 0.800. The minimum atomic E-state index is 0.121. The molecule has 0 bridgehead atoms. The number of methoxy groups -OCH3 is 1. The molecule has 2 rings (SSSR count). The Labute approximate surface area is 121 Å². The average Bonchev–Trinajstić information content (AvgIpc) is 2.72. The molecule has 0 aromatic carbocycles. The number of rotatable bonds is 6. The highest BCUT2D eigenvalue weighted by atomic mass is 16.5. The molecular formula is C15H28N4O. The Bertz CT molecular complexity index is 375. The summed E-state index contributed by atoms with van der Waals surface area (Å²) < 4.78 is 7.43. The highest BCUT2D eigenvalue weighted by Gasteiger charge is 2.24. The Kier molecular flexibility index (Phi) is 5.86. The zero-order chi connectivity index (χ0) is 14.4. The number of hydrazine groups is 1. The molecule has 20 heavy (non-hydrogen) atoms. The summed E-state index contributed by atoms with van der Waals surface area (Å²) in [4.78, 5) is 0. The van der Waals surface area contributed by atoms with E-state index in [0.717, 1.165) is 30.3 Å². The van der Waals surface area contributed by atoms with E-state index in [1.807, 2.05) is 4.68 Å². The van der Waals surface area contributed by atoms with E-state index in [2.05, 4.69) is 17.4 Å². The summed E-state index contributed by atoms with van der Waals surface area (Å²) in [6.45, 7) is 2.93. The lowest BCUT2D eigenvalue weighted by molar-refractivity contribution is 0.332. The van der Waals surface area contributed by atoms with Crippen LogP contribution in [0, 0.1) is 5.92 Å². The lowest BCUT2D eigenvalue weighted by Gasteiger charge is -2.23. The summed E-state index contributed by atoms with van der Waals surface area (Å²) in [6, 6.07) is 0.121. The van der Waals surface area contributed by atoms with E-state index in [0.29, 0.717) is 0 Å². The van der Waals surface area contributed by atoms with Crippen LogP contribution in [0.5, 0.6) is 5.75 Å². The number of hydrogen-bond donors (Lipinski definition) is 2. The van der Waals surface area contributed by atoms with E-state index in [9.17, 15) is 0 Å². The van der Waals surface area contributed by atoms with E-state index in [1.165, 1.54) is 38.5 Å². The largest absolute Gasteiger partial charge is 0.493 e. The van der Waals surface area contributed by atoms with Crippen molar-refractivity contribution in [3.63, 3.8) is 0 Å². The van der Waals surface area contributed by atoms with Gasteiger partial charge in [-0.15, -0.1) is 0 Å². The van der Waals surface area contributed by atoms with Crippen molar-refractivity contribution in [1.82, 2.24) is 15.2 Å². The molecule has 114 valence electrons. The smallest absolute Gasteiger partial charge is 0.161 e. The van der Waals surface area contributed by atoms with Gasteiger partial charge in [0.25, 0.3) is 0 Å². The van der Waals surface area contributed by atoms with Gasteiger partial charge >= 0.3 is 0 Å². The number of ether oxygens (including phenoxy) is 1. The van der Waals surface area contributed by atoms with Crippen molar-refractivity contribution in [2.45, 2.75) is 64.5 Å². The van der Waals surface area contributed by atoms with Crippen LogP contribution in [0.15, 0.2) is 6.20 Å². The Morgan fingerprint density at radius 1 is 1.40 bits per heavy atom. The van der Waals surface area contributed by atoms with Crippen LogP contribution in [0.2, 0.25) is 0 Å². The van der Waals surface area contributed by atoms with E-state index in [4.69, 9.17) is 10.6 Å². The first-order chi connectivity index (χ1) is 9.80.